The molecule has 0 saturated carbocycles. The number of carbonyl (C=O) groups is 2. The molecule has 0 bridgehead atoms. The maximum Gasteiger partial charge on any atom is 0.244 e. The Morgan fingerprint density at radius 3 is 2.73 bits per heavy atom. The minimum absolute atomic E-state index is 0.0385. The van der Waals surface area contributed by atoms with Crippen LogP contribution >= 0.6 is 11.3 Å². The van der Waals surface area contributed by atoms with Crippen molar-refractivity contribution in [3.05, 3.63) is 76.2 Å². The van der Waals surface area contributed by atoms with Gasteiger partial charge >= 0.3 is 0 Å². The highest BCUT2D eigenvalue weighted by Crippen LogP contribution is 2.29. The number of amides is 2. The van der Waals surface area contributed by atoms with Crippen LogP contribution in [0.5, 0.6) is 0 Å². The standard InChI is InChI=1S/C20H17N3O2S/c24-18-12-23(17-9-5-4-8-16(17)22-18)20(25)11-15-13-26-19(21-15)10-14-6-2-1-3-7-14/h1-9,13H,10-12H2,(H,22,24). The van der Waals surface area contributed by atoms with Crippen LogP contribution in [0.1, 0.15) is 16.3 Å². The number of thiazole rings is 1. The van der Waals surface area contributed by atoms with Gasteiger partial charge in [-0.05, 0) is 17.7 Å². The van der Waals surface area contributed by atoms with E-state index in [1.165, 1.54) is 10.5 Å². The average Bonchev–Trinajstić information content (AvgIpc) is 3.08. The highest BCUT2D eigenvalue weighted by molar-refractivity contribution is 7.09. The Labute approximate surface area is 155 Å². The molecule has 0 saturated heterocycles. The second-order valence-corrected chi connectivity index (χ2v) is 7.06. The minimum Gasteiger partial charge on any atom is -0.323 e. The number of hydrogen-bond acceptors (Lipinski definition) is 4. The van der Waals surface area contributed by atoms with Crippen LogP contribution in [-0.4, -0.2) is 23.3 Å². The van der Waals surface area contributed by atoms with Crippen LogP contribution in [0.3, 0.4) is 0 Å². The molecule has 5 nitrogen and oxygen atoms in total. The molecule has 0 atom stereocenters. The lowest BCUT2D eigenvalue weighted by Gasteiger charge is -2.29. The molecule has 1 aliphatic heterocycles. The molecule has 1 aromatic heterocycles. The van der Waals surface area contributed by atoms with Gasteiger partial charge in [-0.15, -0.1) is 11.3 Å². The second-order valence-electron chi connectivity index (χ2n) is 6.12. The molecule has 0 spiro atoms. The average molecular weight is 363 g/mol. The summed E-state index contributed by atoms with van der Waals surface area (Å²) in [6, 6.07) is 17.5. The van der Waals surface area contributed by atoms with E-state index in [0.717, 1.165) is 22.8 Å². The first kappa shape index (κ1) is 16.5. The molecule has 0 fully saturated rings. The van der Waals surface area contributed by atoms with E-state index in [1.807, 2.05) is 41.8 Å². The van der Waals surface area contributed by atoms with Crippen LogP contribution in [0, 0.1) is 0 Å². The molecular weight excluding hydrogens is 346 g/mol. The zero-order valence-electron chi connectivity index (χ0n) is 14.0. The van der Waals surface area contributed by atoms with E-state index >= 15 is 0 Å². The molecule has 1 aliphatic rings. The normalized spacial score (nSPS) is 13.2. The van der Waals surface area contributed by atoms with E-state index in [9.17, 15) is 9.59 Å². The van der Waals surface area contributed by atoms with Crippen LogP contribution in [-0.2, 0) is 22.4 Å². The summed E-state index contributed by atoms with van der Waals surface area (Å²) in [4.78, 5) is 30.8. The molecule has 2 heterocycles. The maximum absolute atomic E-state index is 12.8. The van der Waals surface area contributed by atoms with Crippen LogP contribution in [0.15, 0.2) is 60.0 Å². The molecule has 6 heteroatoms. The Bertz CT molecular complexity index is 952. The van der Waals surface area contributed by atoms with E-state index in [2.05, 4.69) is 22.4 Å². The summed E-state index contributed by atoms with van der Waals surface area (Å²) in [6.45, 7) is 0.0385. The van der Waals surface area contributed by atoms with Gasteiger partial charge in [0.1, 0.15) is 6.54 Å². The van der Waals surface area contributed by atoms with Crippen molar-refractivity contribution in [2.24, 2.45) is 0 Å². The van der Waals surface area contributed by atoms with Gasteiger partial charge in [-0.25, -0.2) is 4.98 Å². The maximum atomic E-state index is 12.8. The van der Waals surface area contributed by atoms with Crippen molar-refractivity contribution in [1.82, 2.24) is 4.98 Å². The molecule has 0 aliphatic carbocycles. The van der Waals surface area contributed by atoms with E-state index in [-0.39, 0.29) is 24.8 Å². The van der Waals surface area contributed by atoms with Crippen molar-refractivity contribution in [3.8, 4) is 0 Å². The minimum atomic E-state index is -0.180. The lowest BCUT2D eigenvalue weighted by Crippen LogP contribution is -2.42. The third-order valence-electron chi connectivity index (χ3n) is 4.20. The van der Waals surface area contributed by atoms with E-state index in [1.54, 1.807) is 17.4 Å². The van der Waals surface area contributed by atoms with Crippen LogP contribution in [0.25, 0.3) is 0 Å². The van der Waals surface area contributed by atoms with Gasteiger partial charge in [0.25, 0.3) is 0 Å². The Morgan fingerprint density at radius 2 is 1.88 bits per heavy atom. The zero-order valence-corrected chi connectivity index (χ0v) is 14.8. The van der Waals surface area contributed by atoms with Gasteiger partial charge in [-0.3, -0.25) is 9.59 Å². The van der Waals surface area contributed by atoms with Crippen LogP contribution in [0.2, 0.25) is 0 Å². The van der Waals surface area contributed by atoms with E-state index in [4.69, 9.17) is 0 Å². The molecule has 3 aromatic rings. The Balaban J connectivity index is 1.48. The van der Waals surface area contributed by atoms with Crippen molar-refractivity contribution in [2.75, 3.05) is 16.8 Å². The first-order chi connectivity index (χ1) is 12.7. The Morgan fingerprint density at radius 1 is 1.12 bits per heavy atom. The largest absolute Gasteiger partial charge is 0.323 e. The van der Waals surface area contributed by atoms with Gasteiger partial charge in [-0.1, -0.05) is 42.5 Å². The smallest absolute Gasteiger partial charge is 0.244 e. The molecule has 2 amide bonds. The molecular formula is C20H17N3O2S. The summed E-state index contributed by atoms with van der Waals surface area (Å²) >= 11 is 1.56. The summed E-state index contributed by atoms with van der Waals surface area (Å²) in [7, 11) is 0. The highest BCUT2D eigenvalue weighted by Gasteiger charge is 2.26. The zero-order chi connectivity index (χ0) is 17.9. The van der Waals surface area contributed by atoms with Crippen molar-refractivity contribution < 1.29 is 9.59 Å². The van der Waals surface area contributed by atoms with Crippen LogP contribution in [0.4, 0.5) is 11.4 Å². The number of para-hydroxylation sites is 2. The third kappa shape index (κ3) is 3.50. The predicted molar refractivity (Wildman–Crippen MR) is 102 cm³/mol. The first-order valence-corrected chi connectivity index (χ1v) is 9.23. The third-order valence-corrected chi connectivity index (χ3v) is 5.10. The molecule has 1 N–H and O–H groups in total. The monoisotopic (exact) mass is 363 g/mol. The van der Waals surface area contributed by atoms with Crippen molar-refractivity contribution in [2.45, 2.75) is 12.8 Å². The van der Waals surface area contributed by atoms with Gasteiger partial charge in [-0.2, -0.15) is 0 Å². The number of benzene rings is 2. The predicted octanol–water partition coefficient (Wildman–Crippen LogP) is 3.26. The molecule has 0 radical (unpaired) electrons. The van der Waals surface area contributed by atoms with Gasteiger partial charge < -0.3 is 10.2 Å². The lowest BCUT2D eigenvalue weighted by atomic mass is 10.1. The summed E-state index contributed by atoms with van der Waals surface area (Å²) in [5.41, 5.74) is 3.34. The number of aromatic nitrogens is 1. The fraction of sp³-hybridized carbons (Fsp3) is 0.150. The van der Waals surface area contributed by atoms with Crippen LogP contribution < -0.4 is 10.2 Å². The van der Waals surface area contributed by atoms with Crippen molar-refractivity contribution >= 4 is 34.5 Å². The Hall–Kier alpha value is -2.99. The summed E-state index contributed by atoms with van der Waals surface area (Å²) in [5, 5.41) is 5.70. The summed E-state index contributed by atoms with van der Waals surface area (Å²) < 4.78 is 0. The SMILES string of the molecule is O=C1CN(C(=O)Cc2csc(Cc3ccccc3)n2)c2ccccc2N1. The molecule has 4 rings (SSSR count). The molecule has 0 unspecified atom stereocenters. The molecule has 2 aromatic carbocycles. The van der Waals surface area contributed by atoms with Gasteiger partial charge in [0, 0.05) is 11.8 Å². The number of nitrogens with zero attached hydrogens (tertiary/aromatic N) is 2. The van der Waals surface area contributed by atoms with Gasteiger partial charge in [0.2, 0.25) is 11.8 Å². The molecule has 26 heavy (non-hydrogen) atoms. The number of hydrogen-bond donors (Lipinski definition) is 1. The fourth-order valence-corrected chi connectivity index (χ4v) is 3.82. The van der Waals surface area contributed by atoms with Crippen molar-refractivity contribution in [3.63, 3.8) is 0 Å². The van der Waals surface area contributed by atoms with Gasteiger partial charge in [0.05, 0.1) is 28.5 Å². The number of nitrogens with one attached hydrogen (secondary N) is 1. The number of carbonyl (C=O) groups excluding carboxylic acids is 2. The van der Waals surface area contributed by atoms with E-state index < -0.39 is 0 Å². The topological polar surface area (TPSA) is 62.3 Å². The highest BCUT2D eigenvalue weighted by atomic mass is 32.1. The number of anilines is 2. The van der Waals surface area contributed by atoms with Gasteiger partial charge in [0.15, 0.2) is 0 Å². The quantitative estimate of drug-likeness (QED) is 0.774. The molecule has 130 valence electrons. The number of rotatable bonds is 4. The number of fused-ring (bicyclic) bond motifs is 1. The van der Waals surface area contributed by atoms with Crippen molar-refractivity contribution in [1.29, 1.82) is 0 Å². The Kier molecular flexibility index (Phi) is 4.50. The summed E-state index contributed by atoms with van der Waals surface area (Å²) in [6.07, 6.45) is 0.946. The lowest BCUT2D eigenvalue weighted by molar-refractivity contribution is -0.121. The van der Waals surface area contributed by atoms with E-state index in [0.29, 0.717) is 5.69 Å². The fourth-order valence-electron chi connectivity index (χ4n) is 2.99. The second kappa shape index (κ2) is 7.09. The first-order valence-electron chi connectivity index (χ1n) is 8.35. The summed E-state index contributed by atoms with van der Waals surface area (Å²) in [5.74, 6) is -0.302.